The van der Waals surface area contributed by atoms with Gasteiger partial charge in [-0.15, -0.1) is 0 Å². The molecule has 0 unspecified atom stereocenters. The predicted octanol–water partition coefficient (Wildman–Crippen LogP) is 0.280. The number of aliphatic carboxylic acids is 1. The molecule has 25 heavy (non-hydrogen) atoms. The summed E-state index contributed by atoms with van der Waals surface area (Å²) in [7, 11) is -3.51. The number of sulfonamides is 1. The highest BCUT2D eigenvalue weighted by atomic mass is 32.2. The van der Waals surface area contributed by atoms with E-state index in [0.717, 1.165) is 11.3 Å². The molecule has 0 aromatic heterocycles. The fourth-order valence-corrected chi connectivity index (χ4v) is 4.40. The SMILES string of the molecule is CCN(CC)S(=O)(=O)c1ccc2c(c1)CCN2CC(=O)NCC(=O)O. The Morgan fingerprint density at radius 3 is 2.56 bits per heavy atom. The topological polar surface area (TPSA) is 107 Å². The summed E-state index contributed by atoms with van der Waals surface area (Å²) >= 11 is 0. The van der Waals surface area contributed by atoms with Crippen LogP contribution in [0, 0.1) is 0 Å². The van der Waals surface area contributed by atoms with E-state index in [9.17, 15) is 18.0 Å². The Bertz CT molecular complexity index is 759. The zero-order valence-corrected chi connectivity index (χ0v) is 15.2. The quantitative estimate of drug-likeness (QED) is 0.682. The molecule has 2 N–H and O–H groups in total. The zero-order chi connectivity index (χ0) is 18.6. The zero-order valence-electron chi connectivity index (χ0n) is 14.4. The number of anilines is 1. The first-order valence-electron chi connectivity index (χ1n) is 8.16. The molecule has 0 saturated heterocycles. The number of carbonyl (C=O) groups is 2. The van der Waals surface area contributed by atoms with Crippen LogP contribution in [0.5, 0.6) is 0 Å². The molecule has 0 saturated carbocycles. The molecule has 1 aliphatic rings. The van der Waals surface area contributed by atoms with Crippen molar-refractivity contribution < 1.29 is 23.1 Å². The molecular formula is C16H23N3O5S. The lowest BCUT2D eigenvalue weighted by molar-refractivity contribution is -0.137. The molecule has 138 valence electrons. The number of nitrogens with zero attached hydrogens (tertiary/aromatic N) is 2. The number of rotatable bonds is 8. The maximum Gasteiger partial charge on any atom is 0.322 e. The molecule has 1 aromatic carbocycles. The van der Waals surface area contributed by atoms with Crippen molar-refractivity contribution in [3.8, 4) is 0 Å². The lowest BCUT2D eigenvalue weighted by Crippen LogP contribution is -2.38. The van der Waals surface area contributed by atoms with Gasteiger partial charge in [-0.1, -0.05) is 13.8 Å². The van der Waals surface area contributed by atoms with Crippen LogP contribution in [0.2, 0.25) is 0 Å². The maximum atomic E-state index is 12.6. The molecule has 1 amide bonds. The Kier molecular flexibility index (Phi) is 6.02. The number of amides is 1. The lowest BCUT2D eigenvalue weighted by atomic mass is 10.2. The minimum Gasteiger partial charge on any atom is -0.480 e. The molecule has 1 heterocycles. The van der Waals surface area contributed by atoms with Crippen molar-refractivity contribution in [1.29, 1.82) is 0 Å². The van der Waals surface area contributed by atoms with Gasteiger partial charge in [-0.05, 0) is 30.2 Å². The minimum absolute atomic E-state index is 0.0441. The van der Waals surface area contributed by atoms with Crippen LogP contribution in [-0.2, 0) is 26.0 Å². The summed E-state index contributed by atoms with van der Waals surface area (Å²) in [6.45, 7) is 4.63. The monoisotopic (exact) mass is 369 g/mol. The Hall–Kier alpha value is -2.13. The van der Waals surface area contributed by atoms with Crippen molar-refractivity contribution in [2.24, 2.45) is 0 Å². The van der Waals surface area contributed by atoms with Crippen LogP contribution in [0.4, 0.5) is 5.69 Å². The van der Waals surface area contributed by atoms with E-state index in [-0.39, 0.29) is 17.3 Å². The highest BCUT2D eigenvalue weighted by Crippen LogP contribution is 2.30. The standard InChI is InChI=1S/C16H23N3O5S/c1-3-19(4-2)25(23,24)13-5-6-14-12(9-13)7-8-18(14)11-15(20)17-10-16(21)22/h5-6,9H,3-4,7-8,10-11H2,1-2H3,(H,17,20)(H,21,22). The molecule has 0 bridgehead atoms. The van der Waals surface area contributed by atoms with Gasteiger partial charge in [0.05, 0.1) is 11.4 Å². The van der Waals surface area contributed by atoms with E-state index < -0.39 is 22.5 Å². The Morgan fingerprint density at radius 1 is 1.28 bits per heavy atom. The van der Waals surface area contributed by atoms with Crippen LogP contribution in [-0.4, -0.2) is 62.4 Å². The van der Waals surface area contributed by atoms with Gasteiger partial charge in [0.2, 0.25) is 15.9 Å². The molecule has 0 radical (unpaired) electrons. The molecule has 2 rings (SSSR count). The molecule has 0 fully saturated rings. The van der Waals surface area contributed by atoms with Crippen LogP contribution in [0.3, 0.4) is 0 Å². The van der Waals surface area contributed by atoms with E-state index in [0.29, 0.717) is 26.1 Å². The van der Waals surface area contributed by atoms with Gasteiger partial charge in [0, 0.05) is 25.3 Å². The summed E-state index contributed by atoms with van der Waals surface area (Å²) in [5.74, 6) is -1.48. The number of hydrogen-bond acceptors (Lipinski definition) is 5. The maximum absolute atomic E-state index is 12.6. The van der Waals surface area contributed by atoms with Crippen molar-refractivity contribution in [2.75, 3.05) is 37.6 Å². The molecule has 8 nitrogen and oxygen atoms in total. The van der Waals surface area contributed by atoms with Gasteiger partial charge in [-0.25, -0.2) is 8.42 Å². The third-order valence-corrected chi connectivity index (χ3v) is 6.20. The average Bonchev–Trinajstić information content (AvgIpc) is 2.96. The average molecular weight is 369 g/mol. The molecule has 1 aromatic rings. The number of hydrogen-bond donors (Lipinski definition) is 2. The third kappa shape index (κ3) is 4.29. The second-order valence-corrected chi connectivity index (χ2v) is 7.66. The van der Waals surface area contributed by atoms with Gasteiger partial charge in [-0.3, -0.25) is 9.59 Å². The normalized spacial score (nSPS) is 13.8. The second-order valence-electron chi connectivity index (χ2n) is 5.72. The van der Waals surface area contributed by atoms with Crippen molar-refractivity contribution >= 4 is 27.6 Å². The summed E-state index contributed by atoms with van der Waals surface area (Å²) in [5, 5.41) is 10.9. The third-order valence-electron chi connectivity index (χ3n) is 4.16. The van der Waals surface area contributed by atoms with Crippen LogP contribution >= 0.6 is 0 Å². The predicted molar refractivity (Wildman–Crippen MR) is 93.1 cm³/mol. The van der Waals surface area contributed by atoms with Gasteiger partial charge < -0.3 is 15.3 Å². The van der Waals surface area contributed by atoms with Crippen LogP contribution in [0.15, 0.2) is 23.1 Å². The Labute approximate surface area is 147 Å². The van der Waals surface area contributed by atoms with E-state index in [4.69, 9.17) is 5.11 Å². The van der Waals surface area contributed by atoms with E-state index >= 15 is 0 Å². The van der Waals surface area contributed by atoms with Gasteiger partial charge >= 0.3 is 5.97 Å². The highest BCUT2D eigenvalue weighted by Gasteiger charge is 2.26. The van der Waals surface area contributed by atoms with Gasteiger partial charge in [-0.2, -0.15) is 4.31 Å². The highest BCUT2D eigenvalue weighted by molar-refractivity contribution is 7.89. The smallest absolute Gasteiger partial charge is 0.322 e. The number of carbonyl (C=O) groups excluding carboxylic acids is 1. The number of carboxylic acid groups (broad SMARTS) is 1. The van der Waals surface area contributed by atoms with Crippen molar-refractivity contribution in [1.82, 2.24) is 9.62 Å². The molecule has 9 heteroatoms. The first kappa shape index (κ1) is 19.2. The minimum atomic E-state index is -3.51. The van der Waals surface area contributed by atoms with E-state index in [1.54, 1.807) is 32.0 Å². The number of carboxylic acids is 1. The van der Waals surface area contributed by atoms with Gasteiger partial charge in [0.1, 0.15) is 6.54 Å². The summed E-state index contributed by atoms with van der Waals surface area (Å²) in [4.78, 5) is 24.4. The molecule has 0 aliphatic carbocycles. The Balaban J connectivity index is 2.15. The molecular weight excluding hydrogens is 346 g/mol. The van der Waals surface area contributed by atoms with Crippen molar-refractivity contribution in [2.45, 2.75) is 25.2 Å². The van der Waals surface area contributed by atoms with E-state index in [1.807, 2.05) is 4.90 Å². The van der Waals surface area contributed by atoms with E-state index in [2.05, 4.69) is 5.32 Å². The molecule has 0 spiro atoms. The lowest BCUT2D eigenvalue weighted by Gasteiger charge is -2.20. The van der Waals surface area contributed by atoms with Crippen LogP contribution < -0.4 is 10.2 Å². The number of benzene rings is 1. The Morgan fingerprint density at radius 2 is 1.96 bits per heavy atom. The van der Waals surface area contributed by atoms with Gasteiger partial charge in [0.25, 0.3) is 0 Å². The summed E-state index contributed by atoms with van der Waals surface area (Å²) in [6.07, 6.45) is 0.642. The molecule has 1 aliphatic heterocycles. The van der Waals surface area contributed by atoms with Crippen LogP contribution in [0.1, 0.15) is 19.4 Å². The van der Waals surface area contributed by atoms with Crippen molar-refractivity contribution in [3.63, 3.8) is 0 Å². The summed E-state index contributed by atoms with van der Waals surface area (Å²) in [5.41, 5.74) is 1.68. The fourth-order valence-electron chi connectivity index (χ4n) is 2.89. The fraction of sp³-hybridized carbons (Fsp3) is 0.500. The number of fused-ring (bicyclic) bond motifs is 1. The number of nitrogens with one attached hydrogen (secondary N) is 1. The first-order chi connectivity index (χ1) is 11.8. The van der Waals surface area contributed by atoms with Gasteiger partial charge in [0.15, 0.2) is 0 Å². The van der Waals surface area contributed by atoms with Crippen LogP contribution in [0.25, 0.3) is 0 Å². The van der Waals surface area contributed by atoms with Crippen molar-refractivity contribution in [3.05, 3.63) is 23.8 Å². The largest absolute Gasteiger partial charge is 0.480 e. The van der Waals surface area contributed by atoms with E-state index in [1.165, 1.54) is 4.31 Å². The summed E-state index contributed by atoms with van der Waals surface area (Å²) < 4.78 is 26.6. The second kappa shape index (κ2) is 7.83. The summed E-state index contributed by atoms with van der Waals surface area (Å²) in [6, 6.07) is 4.93. The first-order valence-corrected chi connectivity index (χ1v) is 9.60. The molecule has 0 atom stereocenters.